The number of anilines is 1. The molecule has 4 rings (SSSR count). The molecule has 5 heteroatoms. The van der Waals surface area contributed by atoms with Gasteiger partial charge >= 0.3 is 0 Å². The van der Waals surface area contributed by atoms with Crippen molar-refractivity contribution in [1.82, 2.24) is 5.32 Å². The fraction of sp³-hybridized carbons (Fsp3) is 0.400. The zero-order valence-corrected chi connectivity index (χ0v) is 14.9. The van der Waals surface area contributed by atoms with Crippen molar-refractivity contribution in [3.05, 3.63) is 64.2 Å². The fourth-order valence-corrected chi connectivity index (χ4v) is 4.58. The van der Waals surface area contributed by atoms with E-state index in [-0.39, 0.29) is 11.6 Å². The summed E-state index contributed by atoms with van der Waals surface area (Å²) in [7, 11) is 0. The largest absolute Gasteiger partial charge is 0.371 e. The molecule has 2 saturated heterocycles. The quantitative estimate of drug-likeness (QED) is 0.821. The lowest BCUT2D eigenvalue weighted by atomic mass is 9.90. The highest BCUT2D eigenvalue weighted by atomic mass is 35.5. The van der Waals surface area contributed by atoms with E-state index >= 15 is 0 Å². The Kier molecular flexibility index (Phi) is 4.42. The second-order valence-electron chi connectivity index (χ2n) is 7.12. The fourth-order valence-electron chi connectivity index (χ4n) is 4.36. The number of nitrogens with zero attached hydrogens (tertiary/aromatic N) is 1. The van der Waals surface area contributed by atoms with Crippen LogP contribution in [0.5, 0.6) is 0 Å². The maximum absolute atomic E-state index is 14.1. The minimum Gasteiger partial charge on any atom is -0.371 e. The number of fused-ring (bicyclic) bond motifs is 1. The smallest absolute Gasteiger partial charge is 0.130 e. The first kappa shape index (κ1) is 16.8. The van der Waals surface area contributed by atoms with Crippen molar-refractivity contribution in [2.45, 2.75) is 31.8 Å². The molecule has 2 aromatic rings. The van der Waals surface area contributed by atoms with Crippen LogP contribution >= 0.6 is 11.6 Å². The van der Waals surface area contributed by atoms with Gasteiger partial charge in [0, 0.05) is 41.4 Å². The molecule has 0 radical (unpaired) electrons. The number of benzene rings is 2. The first-order valence-electron chi connectivity index (χ1n) is 8.74. The van der Waals surface area contributed by atoms with Crippen LogP contribution in [0.4, 0.5) is 14.5 Å². The zero-order valence-electron chi connectivity index (χ0n) is 14.1. The van der Waals surface area contributed by atoms with E-state index in [0.717, 1.165) is 36.5 Å². The molecule has 2 aliphatic rings. The Morgan fingerprint density at radius 1 is 1.16 bits per heavy atom. The lowest BCUT2D eigenvalue weighted by molar-refractivity contribution is 0.375. The van der Waals surface area contributed by atoms with Gasteiger partial charge in [0.1, 0.15) is 11.6 Å². The van der Waals surface area contributed by atoms with Crippen LogP contribution in [0.1, 0.15) is 30.0 Å². The molecule has 1 N–H and O–H groups in total. The summed E-state index contributed by atoms with van der Waals surface area (Å²) in [6, 6.07) is 10.1. The molecule has 3 unspecified atom stereocenters. The predicted octanol–water partition coefficient (Wildman–Crippen LogP) is 4.86. The van der Waals surface area contributed by atoms with Gasteiger partial charge < -0.3 is 10.2 Å². The van der Waals surface area contributed by atoms with Crippen molar-refractivity contribution in [3.63, 3.8) is 0 Å². The lowest BCUT2D eigenvalue weighted by Crippen LogP contribution is -2.44. The Labute approximate surface area is 151 Å². The van der Waals surface area contributed by atoms with Gasteiger partial charge in [-0.1, -0.05) is 17.7 Å². The van der Waals surface area contributed by atoms with E-state index in [0.29, 0.717) is 12.0 Å². The number of nitrogens with one attached hydrogen (secondary N) is 1. The van der Waals surface area contributed by atoms with E-state index < -0.39 is 11.6 Å². The van der Waals surface area contributed by atoms with Crippen molar-refractivity contribution < 1.29 is 8.78 Å². The molecule has 132 valence electrons. The van der Waals surface area contributed by atoms with E-state index in [4.69, 9.17) is 11.6 Å². The van der Waals surface area contributed by atoms with Gasteiger partial charge in [-0.25, -0.2) is 8.78 Å². The SMILES string of the molecule is Cc1cc(Cl)ccc1N1CCC2NC(c3c(F)cccc3F)CC2C1. The first-order chi connectivity index (χ1) is 12.0. The Morgan fingerprint density at radius 2 is 1.92 bits per heavy atom. The summed E-state index contributed by atoms with van der Waals surface area (Å²) in [6.07, 6.45) is 1.73. The van der Waals surface area contributed by atoms with Gasteiger partial charge in [-0.05, 0) is 61.6 Å². The van der Waals surface area contributed by atoms with E-state index in [1.807, 2.05) is 12.1 Å². The monoisotopic (exact) mass is 362 g/mol. The molecule has 3 atom stereocenters. The van der Waals surface area contributed by atoms with Crippen molar-refractivity contribution in [3.8, 4) is 0 Å². The van der Waals surface area contributed by atoms with Crippen molar-refractivity contribution in [1.29, 1.82) is 0 Å². The minimum atomic E-state index is -0.457. The molecule has 0 aromatic heterocycles. The Balaban J connectivity index is 1.53. The summed E-state index contributed by atoms with van der Waals surface area (Å²) >= 11 is 6.06. The first-order valence-corrected chi connectivity index (χ1v) is 9.12. The highest BCUT2D eigenvalue weighted by Crippen LogP contribution is 2.39. The van der Waals surface area contributed by atoms with E-state index in [2.05, 4.69) is 23.2 Å². The molecule has 0 amide bonds. The highest BCUT2D eigenvalue weighted by molar-refractivity contribution is 6.30. The minimum absolute atomic E-state index is 0.186. The normalized spacial score (nSPS) is 25.9. The summed E-state index contributed by atoms with van der Waals surface area (Å²) in [5, 5.41) is 4.20. The third-order valence-corrected chi connectivity index (χ3v) is 5.77. The van der Waals surface area contributed by atoms with Crippen LogP contribution in [-0.2, 0) is 0 Å². The van der Waals surface area contributed by atoms with Crippen LogP contribution in [0.3, 0.4) is 0 Å². The number of halogens is 3. The van der Waals surface area contributed by atoms with Gasteiger partial charge in [-0.2, -0.15) is 0 Å². The predicted molar refractivity (Wildman–Crippen MR) is 97.1 cm³/mol. The Bertz CT molecular complexity index is 775. The second kappa shape index (κ2) is 6.58. The number of aryl methyl sites for hydroxylation is 1. The number of rotatable bonds is 2. The molecule has 25 heavy (non-hydrogen) atoms. The number of hydrogen-bond donors (Lipinski definition) is 1. The topological polar surface area (TPSA) is 15.3 Å². The van der Waals surface area contributed by atoms with Crippen LogP contribution in [0, 0.1) is 24.5 Å². The van der Waals surface area contributed by atoms with Crippen LogP contribution in [0.2, 0.25) is 5.02 Å². The average molecular weight is 363 g/mol. The Morgan fingerprint density at radius 3 is 2.64 bits per heavy atom. The lowest BCUT2D eigenvalue weighted by Gasteiger charge is -2.37. The van der Waals surface area contributed by atoms with Crippen molar-refractivity contribution in [2.75, 3.05) is 18.0 Å². The molecule has 0 saturated carbocycles. The van der Waals surface area contributed by atoms with Crippen LogP contribution in [-0.4, -0.2) is 19.1 Å². The van der Waals surface area contributed by atoms with Gasteiger partial charge in [0.2, 0.25) is 0 Å². The molecule has 2 aromatic carbocycles. The van der Waals surface area contributed by atoms with Crippen molar-refractivity contribution >= 4 is 17.3 Å². The standard InChI is InChI=1S/C20H21ClF2N2/c1-12-9-14(21)5-6-19(12)25-8-7-17-13(11-25)10-18(24-17)20-15(22)3-2-4-16(20)23/h2-6,9,13,17-18,24H,7-8,10-11H2,1H3. The summed E-state index contributed by atoms with van der Waals surface area (Å²) in [4.78, 5) is 2.37. The average Bonchev–Trinajstić information content (AvgIpc) is 2.97. The molecule has 0 bridgehead atoms. The molecular weight excluding hydrogens is 342 g/mol. The highest BCUT2D eigenvalue weighted by Gasteiger charge is 2.40. The maximum Gasteiger partial charge on any atom is 0.130 e. The third kappa shape index (κ3) is 3.13. The van der Waals surface area contributed by atoms with E-state index in [1.54, 1.807) is 0 Å². The van der Waals surface area contributed by atoms with Crippen molar-refractivity contribution in [2.24, 2.45) is 5.92 Å². The van der Waals surface area contributed by atoms with E-state index in [9.17, 15) is 8.78 Å². The van der Waals surface area contributed by atoms with Gasteiger partial charge in [0.25, 0.3) is 0 Å². The van der Waals surface area contributed by atoms with E-state index in [1.165, 1.54) is 23.9 Å². The maximum atomic E-state index is 14.1. The zero-order chi connectivity index (χ0) is 17.6. The van der Waals surface area contributed by atoms with Gasteiger partial charge in [0.05, 0.1) is 0 Å². The molecule has 0 aliphatic carbocycles. The molecule has 0 spiro atoms. The number of piperidine rings is 1. The second-order valence-corrected chi connectivity index (χ2v) is 7.56. The van der Waals surface area contributed by atoms with Gasteiger partial charge in [0.15, 0.2) is 0 Å². The van der Waals surface area contributed by atoms with Crippen LogP contribution in [0.15, 0.2) is 36.4 Å². The molecule has 2 aliphatic heterocycles. The third-order valence-electron chi connectivity index (χ3n) is 5.54. The van der Waals surface area contributed by atoms with Gasteiger partial charge in [-0.15, -0.1) is 0 Å². The summed E-state index contributed by atoms with van der Waals surface area (Å²) in [5.74, 6) is -0.532. The van der Waals surface area contributed by atoms with Gasteiger partial charge in [-0.3, -0.25) is 0 Å². The number of hydrogen-bond acceptors (Lipinski definition) is 2. The molecule has 2 heterocycles. The molecule has 2 fully saturated rings. The molecular formula is C20H21ClF2N2. The Hall–Kier alpha value is -1.65. The summed E-state index contributed by atoms with van der Waals surface area (Å²) in [6.45, 7) is 3.90. The molecule has 2 nitrogen and oxygen atoms in total. The van der Waals surface area contributed by atoms with Crippen LogP contribution in [0.25, 0.3) is 0 Å². The summed E-state index contributed by atoms with van der Waals surface area (Å²) in [5.41, 5.74) is 2.54. The van der Waals surface area contributed by atoms with Crippen LogP contribution < -0.4 is 10.2 Å². The summed E-state index contributed by atoms with van der Waals surface area (Å²) < 4.78 is 28.2.